The van der Waals surface area contributed by atoms with Crippen LogP contribution in [-0.4, -0.2) is 26.1 Å². The van der Waals surface area contributed by atoms with Crippen molar-refractivity contribution in [3.63, 3.8) is 0 Å². The van der Waals surface area contributed by atoms with E-state index in [0.717, 1.165) is 24.2 Å². The first-order valence-electron chi connectivity index (χ1n) is 5.79. The molecule has 1 aliphatic carbocycles. The Morgan fingerprint density at radius 2 is 2.44 bits per heavy atom. The lowest BCUT2D eigenvalue weighted by Crippen LogP contribution is -2.24. The predicted molar refractivity (Wildman–Crippen MR) is 58.2 cm³/mol. The number of carboxylic acids is 1. The van der Waals surface area contributed by atoms with E-state index in [1.54, 1.807) is 0 Å². The molecule has 0 aromatic carbocycles. The van der Waals surface area contributed by atoms with Gasteiger partial charge >= 0.3 is 5.97 Å². The first kappa shape index (κ1) is 11.1. The predicted octanol–water partition coefficient (Wildman–Crippen LogP) is 1.44. The van der Waals surface area contributed by atoms with Gasteiger partial charge in [0.1, 0.15) is 0 Å². The van der Waals surface area contributed by atoms with Crippen LogP contribution in [0, 0.1) is 5.92 Å². The molecule has 0 bridgehead atoms. The molecular weight excluding hydrogens is 206 g/mol. The summed E-state index contributed by atoms with van der Waals surface area (Å²) in [5.74, 6) is -0.976. The highest BCUT2D eigenvalue weighted by atomic mass is 16.4. The normalized spacial score (nSPS) is 21.5. The number of rotatable bonds is 3. The van der Waals surface area contributed by atoms with E-state index in [2.05, 4.69) is 24.2 Å². The Morgan fingerprint density at radius 1 is 1.69 bits per heavy atom. The molecular formula is C11H17N3O2. The number of aliphatic carboxylic acids is 1. The molecule has 1 heterocycles. The largest absolute Gasteiger partial charge is 0.481 e. The fraction of sp³-hybridized carbons (Fsp3) is 0.727. The quantitative estimate of drug-likeness (QED) is 0.841. The number of fused-ring (bicyclic) bond motifs is 1. The van der Waals surface area contributed by atoms with Gasteiger partial charge in [-0.1, -0.05) is 12.1 Å². The van der Waals surface area contributed by atoms with E-state index in [9.17, 15) is 4.79 Å². The minimum absolute atomic E-state index is 0.270. The number of aryl methyl sites for hydroxylation is 1. The van der Waals surface area contributed by atoms with E-state index in [4.69, 9.17) is 5.11 Å². The third-order valence-corrected chi connectivity index (χ3v) is 3.40. The SMILES string of the molecule is CC[C@H](C)n1nnc2c1C[C@@H](C(=O)O)CC2. The molecule has 5 heteroatoms. The van der Waals surface area contributed by atoms with Crippen LogP contribution in [0.1, 0.15) is 44.1 Å². The zero-order valence-corrected chi connectivity index (χ0v) is 9.68. The molecule has 2 atom stereocenters. The second kappa shape index (κ2) is 4.23. The number of carbonyl (C=O) groups is 1. The molecule has 0 amide bonds. The van der Waals surface area contributed by atoms with Gasteiger partial charge in [-0.2, -0.15) is 0 Å². The van der Waals surface area contributed by atoms with Gasteiger partial charge in [0.15, 0.2) is 0 Å². The lowest BCUT2D eigenvalue weighted by molar-refractivity contribution is -0.142. The van der Waals surface area contributed by atoms with Crippen LogP contribution < -0.4 is 0 Å². The summed E-state index contributed by atoms with van der Waals surface area (Å²) in [6.07, 6.45) is 2.97. The first-order chi connectivity index (χ1) is 7.63. The molecule has 1 aromatic heterocycles. The average molecular weight is 223 g/mol. The van der Waals surface area contributed by atoms with Gasteiger partial charge < -0.3 is 5.11 Å². The second-order valence-electron chi connectivity index (χ2n) is 4.46. The molecule has 1 aliphatic rings. The topological polar surface area (TPSA) is 68.0 Å². The van der Waals surface area contributed by atoms with E-state index in [1.165, 1.54) is 0 Å². The summed E-state index contributed by atoms with van der Waals surface area (Å²) in [5, 5.41) is 17.3. The number of aromatic nitrogens is 3. The van der Waals surface area contributed by atoms with Crippen LogP contribution in [0.2, 0.25) is 0 Å². The number of nitrogens with zero attached hydrogens (tertiary/aromatic N) is 3. The molecule has 1 aromatic rings. The summed E-state index contributed by atoms with van der Waals surface area (Å²) in [4.78, 5) is 11.0. The van der Waals surface area contributed by atoms with Crippen LogP contribution in [0.4, 0.5) is 0 Å². The first-order valence-corrected chi connectivity index (χ1v) is 5.79. The average Bonchev–Trinajstić information content (AvgIpc) is 2.70. The zero-order chi connectivity index (χ0) is 11.7. The van der Waals surface area contributed by atoms with Crippen LogP contribution in [0.25, 0.3) is 0 Å². The van der Waals surface area contributed by atoms with Gasteiger partial charge in [0.2, 0.25) is 0 Å². The third-order valence-electron chi connectivity index (χ3n) is 3.40. The second-order valence-corrected chi connectivity index (χ2v) is 4.46. The maximum absolute atomic E-state index is 11.0. The van der Waals surface area contributed by atoms with Crippen molar-refractivity contribution >= 4 is 5.97 Å². The maximum Gasteiger partial charge on any atom is 0.306 e. The molecule has 0 aliphatic heterocycles. The van der Waals surface area contributed by atoms with Crippen LogP contribution in [-0.2, 0) is 17.6 Å². The Balaban J connectivity index is 2.27. The van der Waals surface area contributed by atoms with E-state index in [-0.39, 0.29) is 5.92 Å². The van der Waals surface area contributed by atoms with Crippen molar-refractivity contribution in [3.05, 3.63) is 11.4 Å². The number of carboxylic acid groups (broad SMARTS) is 1. The molecule has 0 saturated carbocycles. The van der Waals surface area contributed by atoms with Gasteiger partial charge in [0.05, 0.1) is 23.3 Å². The van der Waals surface area contributed by atoms with Crippen molar-refractivity contribution in [2.24, 2.45) is 5.92 Å². The highest BCUT2D eigenvalue weighted by Gasteiger charge is 2.29. The van der Waals surface area contributed by atoms with Gasteiger partial charge in [-0.3, -0.25) is 4.79 Å². The van der Waals surface area contributed by atoms with Gasteiger partial charge in [-0.05, 0) is 26.2 Å². The Kier molecular flexibility index (Phi) is 2.94. The summed E-state index contributed by atoms with van der Waals surface area (Å²) in [6, 6.07) is 0.295. The lowest BCUT2D eigenvalue weighted by Gasteiger charge is -2.20. The Labute approximate surface area is 94.5 Å². The van der Waals surface area contributed by atoms with Crippen LogP contribution in [0.15, 0.2) is 0 Å². The van der Waals surface area contributed by atoms with Gasteiger partial charge in [-0.25, -0.2) is 4.68 Å². The molecule has 0 saturated heterocycles. The number of hydrogen-bond acceptors (Lipinski definition) is 3. The molecule has 1 N–H and O–H groups in total. The molecule has 0 spiro atoms. The Hall–Kier alpha value is -1.39. The van der Waals surface area contributed by atoms with Crippen molar-refractivity contribution in [2.75, 3.05) is 0 Å². The van der Waals surface area contributed by atoms with Crippen LogP contribution >= 0.6 is 0 Å². The van der Waals surface area contributed by atoms with Gasteiger partial charge in [0, 0.05) is 6.42 Å². The van der Waals surface area contributed by atoms with E-state index in [1.807, 2.05) is 4.68 Å². The van der Waals surface area contributed by atoms with Crippen molar-refractivity contribution in [1.29, 1.82) is 0 Å². The molecule has 0 fully saturated rings. The molecule has 16 heavy (non-hydrogen) atoms. The van der Waals surface area contributed by atoms with E-state index < -0.39 is 5.97 Å². The summed E-state index contributed by atoms with van der Waals surface area (Å²) in [6.45, 7) is 4.18. The van der Waals surface area contributed by atoms with E-state index in [0.29, 0.717) is 18.9 Å². The fourth-order valence-electron chi connectivity index (χ4n) is 2.14. The summed E-state index contributed by atoms with van der Waals surface area (Å²) in [5.41, 5.74) is 2.01. The minimum Gasteiger partial charge on any atom is -0.481 e. The van der Waals surface area contributed by atoms with Gasteiger partial charge in [-0.15, -0.1) is 5.10 Å². The Morgan fingerprint density at radius 3 is 3.06 bits per heavy atom. The molecule has 5 nitrogen and oxygen atoms in total. The standard InChI is InChI=1S/C11H17N3O2/c1-3-7(2)14-10-6-8(11(15)16)4-5-9(10)12-13-14/h7-8H,3-6H2,1-2H3,(H,15,16)/t7-,8-/m0/s1. The van der Waals surface area contributed by atoms with Crippen molar-refractivity contribution in [1.82, 2.24) is 15.0 Å². The summed E-state index contributed by atoms with van der Waals surface area (Å²) < 4.78 is 1.89. The van der Waals surface area contributed by atoms with Crippen LogP contribution in [0.5, 0.6) is 0 Å². The third kappa shape index (κ3) is 1.81. The molecule has 88 valence electrons. The van der Waals surface area contributed by atoms with Gasteiger partial charge in [0.25, 0.3) is 0 Å². The fourth-order valence-corrected chi connectivity index (χ4v) is 2.14. The highest BCUT2D eigenvalue weighted by molar-refractivity contribution is 5.70. The smallest absolute Gasteiger partial charge is 0.306 e. The van der Waals surface area contributed by atoms with Crippen LogP contribution in [0.3, 0.4) is 0 Å². The summed E-state index contributed by atoms with van der Waals surface area (Å²) in [7, 11) is 0. The van der Waals surface area contributed by atoms with Crippen molar-refractivity contribution in [3.8, 4) is 0 Å². The molecule has 0 radical (unpaired) electrons. The van der Waals surface area contributed by atoms with E-state index >= 15 is 0 Å². The minimum atomic E-state index is -0.706. The van der Waals surface area contributed by atoms with Crippen molar-refractivity contribution < 1.29 is 9.90 Å². The Bertz CT molecular complexity index is 400. The zero-order valence-electron chi connectivity index (χ0n) is 9.68. The number of hydrogen-bond donors (Lipinski definition) is 1. The monoisotopic (exact) mass is 223 g/mol. The lowest BCUT2D eigenvalue weighted by atomic mass is 9.89. The maximum atomic E-state index is 11.0. The molecule has 2 rings (SSSR count). The summed E-state index contributed by atoms with van der Waals surface area (Å²) >= 11 is 0. The van der Waals surface area contributed by atoms with Crippen molar-refractivity contribution in [2.45, 2.75) is 45.6 Å². The highest BCUT2D eigenvalue weighted by Crippen LogP contribution is 2.26. The molecule has 0 unspecified atom stereocenters.